The van der Waals surface area contributed by atoms with E-state index in [1.807, 2.05) is 0 Å². The molecule has 1 aromatic rings. The van der Waals surface area contributed by atoms with Gasteiger partial charge in [-0.3, -0.25) is 0 Å². The molecule has 0 heterocycles. The summed E-state index contributed by atoms with van der Waals surface area (Å²) >= 11 is 3.01. The Morgan fingerprint density at radius 3 is 2.43 bits per heavy atom. The first-order valence-corrected chi connectivity index (χ1v) is 8.09. The minimum absolute atomic E-state index is 0.0404. The molecule has 0 spiro atoms. The van der Waals surface area contributed by atoms with Gasteiger partial charge in [0.2, 0.25) is 10.0 Å². The molecule has 0 aliphatic heterocycles. The number of sulfonamides is 1. The second-order valence-corrected chi connectivity index (χ2v) is 6.75. The van der Waals surface area contributed by atoms with Crippen molar-refractivity contribution in [2.24, 2.45) is 0 Å². The fourth-order valence-corrected chi connectivity index (χ4v) is 3.27. The smallest absolute Gasteiger partial charge is 0.313 e. The predicted octanol–water partition coefficient (Wildman–Crippen LogP) is 2.54. The molecule has 0 radical (unpaired) electrons. The summed E-state index contributed by atoms with van der Waals surface area (Å²) < 4.78 is 75.6. The van der Waals surface area contributed by atoms with E-state index in [-0.39, 0.29) is 16.6 Å². The van der Waals surface area contributed by atoms with E-state index in [0.29, 0.717) is 6.54 Å². The molecule has 1 rings (SSSR count). The number of hydrogen-bond acceptors (Lipinski definition) is 3. The third kappa shape index (κ3) is 5.53. The van der Waals surface area contributed by atoms with Crippen LogP contribution in [0, 0.1) is 5.82 Å². The van der Waals surface area contributed by atoms with Crippen LogP contribution in [0.25, 0.3) is 0 Å². The average molecular weight is 393 g/mol. The number of halogens is 5. The first-order valence-electron chi connectivity index (χ1n) is 5.82. The number of hydrogen-bond donors (Lipinski definition) is 2. The largest absolute Gasteiger partial charge is 0.402 e. The highest BCUT2D eigenvalue weighted by Crippen LogP contribution is 2.24. The van der Waals surface area contributed by atoms with Crippen molar-refractivity contribution in [1.29, 1.82) is 0 Å². The second-order valence-electron chi connectivity index (χ2n) is 4.10. The Morgan fingerprint density at radius 2 is 1.90 bits per heavy atom. The zero-order chi connectivity index (χ0) is 16.3. The predicted molar refractivity (Wildman–Crippen MR) is 72.7 cm³/mol. The average Bonchev–Trinajstić information content (AvgIpc) is 2.36. The summed E-state index contributed by atoms with van der Waals surface area (Å²) in [5, 5.41) is 2.81. The van der Waals surface area contributed by atoms with Crippen molar-refractivity contribution in [1.82, 2.24) is 10.0 Å². The summed E-state index contributed by atoms with van der Waals surface area (Å²) in [6.45, 7) is 0.603. The van der Waals surface area contributed by atoms with Crippen LogP contribution in [-0.2, 0) is 16.6 Å². The third-order valence-electron chi connectivity index (χ3n) is 2.40. The van der Waals surface area contributed by atoms with Crippen molar-refractivity contribution in [3.63, 3.8) is 0 Å². The maximum absolute atomic E-state index is 14.1. The van der Waals surface area contributed by atoms with Crippen LogP contribution in [0.15, 0.2) is 21.5 Å². The minimum atomic E-state index is -4.72. The number of benzene rings is 1. The Morgan fingerprint density at radius 1 is 1.29 bits per heavy atom. The first-order chi connectivity index (χ1) is 9.57. The first kappa shape index (κ1) is 18.3. The maximum atomic E-state index is 14.1. The normalized spacial score (nSPS) is 12.7. The molecule has 0 unspecified atom stereocenters. The van der Waals surface area contributed by atoms with Crippen molar-refractivity contribution in [3.05, 3.63) is 28.0 Å². The van der Waals surface area contributed by atoms with E-state index < -0.39 is 33.5 Å². The van der Waals surface area contributed by atoms with Crippen molar-refractivity contribution in [3.8, 4) is 0 Å². The quantitative estimate of drug-likeness (QED) is 0.731. The van der Waals surface area contributed by atoms with Gasteiger partial charge in [-0.25, -0.2) is 17.5 Å². The number of alkyl halides is 3. The van der Waals surface area contributed by atoms with Gasteiger partial charge in [0.05, 0.1) is 0 Å². The van der Waals surface area contributed by atoms with Crippen LogP contribution in [0.5, 0.6) is 0 Å². The van der Waals surface area contributed by atoms with Crippen LogP contribution in [0.3, 0.4) is 0 Å². The Hall–Kier alpha value is -0.710. The monoisotopic (exact) mass is 392 g/mol. The molecule has 21 heavy (non-hydrogen) atoms. The molecule has 0 aromatic heterocycles. The van der Waals surface area contributed by atoms with Gasteiger partial charge >= 0.3 is 6.18 Å². The Balaban J connectivity index is 3.14. The lowest BCUT2D eigenvalue weighted by atomic mass is 10.2. The lowest BCUT2D eigenvalue weighted by Gasteiger charge is -2.13. The molecule has 0 saturated carbocycles. The molecule has 0 aliphatic carbocycles. The van der Waals surface area contributed by atoms with Gasteiger partial charge in [0.1, 0.15) is 17.3 Å². The van der Waals surface area contributed by atoms with Crippen LogP contribution < -0.4 is 10.0 Å². The van der Waals surface area contributed by atoms with Crippen LogP contribution in [0.2, 0.25) is 0 Å². The molecular weight excluding hydrogens is 380 g/mol. The lowest BCUT2D eigenvalue weighted by Crippen LogP contribution is -2.34. The van der Waals surface area contributed by atoms with Gasteiger partial charge < -0.3 is 5.32 Å². The van der Waals surface area contributed by atoms with E-state index >= 15 is 0 Å². The van der Waals surface area contributed by atoms with Crippen LogP contribution in [-0.4, -0.2) is 27.7 Å². The molecule has 0 atom stereocenters. The third-order valence-corrected chi connectivity index (χ3v) is 4.26. The standard InChI is InChI=1S/C11H13BrF4N2O2S/c1-2-17-5-7-3-8(12)4-9(10(7)13)21(19,20)18-6-11(14,15)16/h3-4,17-18H,2,5-6H2,1H3. The second kappa shape index (κ2) is 7.03. The molecule has 4 nitrogen and oxygen atoms in total. The van der Waals surface area contributed by atoms with Crippen LogP contribution >= 0.6 is 15.9 Å². The van der Waals surface area contributed by atoms with E-state index in [1.165, 1.54) is 10.8 Å². The highest BCUT2D eigenvalue weighted by molar-refractivity contribution is 9.10. The summed E-state index contributed by atoms with van der Waals surface area (Å²) in [5.74, 6) is -1.08. The summed E-state index contributed by atoms with van der Waals surface area (Å²) in [5.41, 5.74) is 0.0404. The van der Waals surface area contributed by atoms with Gasteiger partial charge in [0, 0.05) is 16.6 Å². The topological polar surface area (TPSA) is 58.2 Å². The fraction of sp³-hybridized carbons (Fsp3) is 0.455. The highest BCUT2D eigenvalue weighted by Gasteiger charge is 2.31. The maximum Gasteiger partial charge on any atom is 0.402 e. The summed E-state index contributed by atoms with van der Waals surface area (Å²) in [4.78, 5) is -0.825. The SMILES string of the molecule is CCNCc1cc(Br)cc(S(=O)(=O)NCC(F)(F)F)c1F. The Bertz CT molecular complexity index is 605. The Kier molecular flexibility index (Phi) is 6.14. The molecule has 0 saturated heterocycles. The van der Waals surface area contributed by atoms with E-state index in [2.05, 4.69) is 21.2 Å². The van der Waals surface area contributed by atoms with Crippen molar-refractivity contribution in [2.45, 2.75) is 24.5 Å². The van der Waals surface area contributed by atoms with Crippen molar-refractivity contribution >= 4 is 26.0 Å². The van der Waals surface area contributed by atoms with Gasteiger partial charge in [-0.2, -0.15) is 13.2 Å². The number of nitrogens with one attached hydrogen (secondary N) is 2. The van der Waals surface area contributed by atoms with Crippen LogP contribution in [0.1, 0.15) is 12.5 Å². The van der Waals surface area contributed by atoms with Gasteiger partial charge in [0.25, 0.3) is 0 Å². The van der Waals surface area contributed by atoms with Gasteiger partial charge in [-0.1, -0.05) is 22.9 Å². The van der Waals surface area contributed by atoms with E-state index in [1.54, 1.807) is 6.92 Å². The lowest BCUT2D eigenvalue weighted by molar-refractivity contribution is -0.121. The zero-order valence-electron chi connectivity index (χ0n) is 10.9. The molecule has 0 amide bonds. The summed E-state index contributed by atoms with van der Waals surface area (Å²) in [6, 6.07) is 2.28. The molecule has 120 valence electrons. The van der Waals surface area contributed by atoms with Crippen molar-refractivity contribution < 1.29 is 26.0 Å². The molecule has 0 fully saturated rings. The van der Waals surface area contributed by atoms with Gasteiger partial charge in [0.15, 0.2) is 0 Å². The molecule has 0 bridgehead atoms. The molecule has 1 aromatic carbocycles. The highest BCUT2D eigenvalue weighted by atomic mass is 79.9. The molecule has 2 N–H and O–H groups in total. The zero-order valence-corrected chi connectivity index (χ0v) is 13.3. The van der Waals surface area contributed by atoms with Gasteiger partial charge in [-0.15, -0.1) is 0 Å². The molecular formula is C11H13BrF4N2O2S. The fourth-order valence-electron chi connectivity index (χ4n) is 1.46. The molecule has 10 heteroatoms. The molecule has 0 aliphatic rings. The number of rotatable bonds is 6. The van der Waals surface area contributed by atoms with E-state index in [4.69, 9.17) is 0 Å². The van der Waals surface area contributed by atoms with E-state index in [0.717, 1.165) is 6.07 Å². The van der Waals surface area contributed by atoms with E-state index in [9.17, 15) is 26.0 Å². The summed E-state index contributed by atoms with van der Waals surface area (Å²) in [6.07, 6.45) is -4.72. The van der Waals surface area contributed by atoms with Gasteiger partial charge in [-0.05, 0) is 18.7 Å². The van der Waals surface area contributed by atoms with Crippen LogP contribution in [0.4, 0.5) is 17.6 Å². The summed E-state index contributed by atoms with van der Waals surface area (Å²) in [7, 11) is -4.60. The minimum Gasteiger partial charge on any atom is -0.313 e. The Labute approximate surface area is 128 Å². The van der Waals surface area contributed by atoms with Crippen molar-refractivity contribution in [2.75, 3.05) is 13.1 Å².